The summed E-state index contributed by atoms with van der Waals surface area (Å²) in [5, 5.41) is 19.8. The second-order valence-electron chi connectivity index (χ2n) is 3.97. The van der Waals surface area contributed by atoms with E-state index in [1.807, 2.05) is 0 Å². The Labute approximate surface area is 116 Å². The zero-order valence-corrected chi connectivity index (χ0v) is 11.3. The summed E-state index contributed by atoms with van der Waals surface area (Å²) in [4.78, 5) is 21.1. The van der Waals surface area contributed by atoms with Crippen molar-refractivity contribution in [2.24, 2.45) is 0 Å². The van der Waals surface area contributed by atoms with Gasteiger partial charge in [-0.2, -0.15) is 0 Å². The molecule has 0 amide bonds. The number of rotatable bonds is 4. The van der Waals surface area contributed by atoms with Gasteiger partial charge in [-0.1, -0.05) is 0 Å². The highest BCUT2D eigenvalue weighted by atomic mass is 79.9. The number of benzene rings is 1. The molecular weight excluding hydrogens is 322 g/mol. The van der Waals surface area contributed by atoms with Gasteiger partial charge in [0, 0.05) is 18.6 Å². The van der Waals surface area contributed by atoms with Crippen LogP contribution in [0, 0.1) is 10.1 Å². The fourth-order valence-corrected chi connectivity index (χ4v) is 2.17. The lowest BCUT2D eigenvalue weighted by Gasteiger charge is -2.13. The zero-order valence-electron chi connectivity index (χ0n) is 9.67. The van der Waals surface area contributed by atoms with Crippen LogP contribution in [0.4, 0.5) is 5.69 Å². The highest BCUT2D eigenvalue weighted by Gasteiger charge is 2.25. The molecule has 1 aliphatic heterocycles. The monoisotopic (exact) mass is 331 g/mol. The molecule has 7 nitrogen and oxygen atoms in total. The third-order valence-corrected chi connectivity index (χ3v) is 3.28. The van der Waals surface area contributed by atoms with Gasteiger partial charge in [-0.25, -0.2) is 4.79 Å². The summed E-state index contributed by atoms with van der Waals surface area (Å²) < 4.78 is 11.1. The zero-order chi connectivity index (χ0) is 14.0. The van der Waals surface area contributed by atoms with Gasteiger partial charge in [0.25, 0.3) is 5.69 Å². The lowest BCUT2D eigenvalue weighted by atomic mass is 10.1. The molecule has 1 N–H and O–H groups in total. The Morgan fingerprint density at radius 2 is 2.32 bits per heavy atom. The van der Waals surface area contributed by atoms with Gasteiger partial charge in [0.15, 0.2) is 0 Å². The van der Waals surface area contributed by atoms with Crippen molar-refractivity contribution in [1.29, 1.82) is 0 Å². The van der Waals surface area contributed by atoms with Crippen LogP contribution in [0.3, 0.4) is 0 Å². The average Bonchev–Trinajstić information content (AvgIpc) is 2.83. The van der Waals surface area contributed by atoms with Crippen LogP contribution in [0.5, 0.6) is 5.75 Å². The number of halogens is 1. The molecule has 2 rings (SSSR count). The summed E-state index contributed by atoms with van der Waals surface area (Å²) in [7, 11) is 0. The van der Waals surface area contributed by atoms with Crippen LogP contribution in [0.2, 0.25) is 0 Å². The fraction of sp³-hybridized carbons (Fsp3) is 0.364. The SMILES string of the molecule is O=C(O)c1cc(O[C@H]2CCOC2)c(Br)cc1[N+](=O)[O-]. The summed E-state index contributed by atoms with van der Waals surface area (Å²) in [6.45, 7) is 1.01. The molecule has 1 fully saturated rings. The molecule has 0 radical (unpaired) electrons. The molecule has 0 bridgehead atoms. The van der Waals surface area contributed by atoms with Crippen molar-refractivity contribution >= 4 is 27.6 Å². The maximum atomic E-state index is 11.0. The molecule has 0 saturated carbocycles. The molecule has 19 heavy (non-hydrogen) atoms. The summed E-state index contributed by atoms with van der Waals surface area (Å²) in [6, 6.07) is 2.29. The molecule has 1 aliphatic rings. The van der Waals surface area contributed by atoms with E-state index in [-0.39, 0.29) is 11.9 Å². The van der Waals surface area contributed by atoms with E-state index in [1.165, 1.54) is 0 Å². The number of hydrogen-bond acceptors (Lipinski definition) is 5. The fourth-order valence-electron chi connectivity index (χ4n) is 1.74. The Morgan fingerprint density at radius 3 is 2.84 bits per heavy atom. The second kappa shape index (κ2) is 5.54. The van der Waals surface area contributed by atoms with Crippen molar-refractivity contribution in [3.63, 3.8) is 0 Å². The van der Waals surface area contributed by atoms with Crippen LogP contribution < -0.4 is 4.74 Å². The first-order valence-corrected chi connectivity index (χ1v) is 6.24. The molecule has 1 saturated heterocycles. The predicted octanol–water partition coefficient (Wildman–Crippen LogP) is 2.22. The van der Waals surface area contributed by atoms with Gasteiger partial charge in [0.1, 0.15) is 17.4 Å². The number of carboxylic acids is 1. The van der Waals surface area contributed by atoms with E-state index >= 15 is 0 Å². The van der Waals surface area contributed by atoms with Crippen LogP contribution in [0.25, 0.3) is 0 Å². The molecule has 8 heteroatoms. The highest BCUT2D eigenvalue weighted by Crippen LogP contribution is 2.34. The van der Waals surface area contributed by atoms with E-state index in [0.29, 0.717) is 24.1 Å². The molecule has 102 valence electrons. The quantitative estimate of drug-likeness (QED) is 0.670. The standard InChI is InChI=1S/C11H10BrNO6/c12-8-4-9(13(16)17)7(11(14)15)3-10(8)19-6-1-2-18-5-6/h3-4,6H,1-2,5H2,(H,14,15)/t6-/m0/s1. The average molecular weight is 332 g/mol. The molecule has 0 aromatic heterocycles. The number of nitro benzene ring substituents is 1. The third kappa shape index (κ3) is 3.02. The number of nitro groups is 1. The third-order valence-electron chi connectivity index (χ3n) is 2.66. The van der Waals surface area contributed by atoms with Gasteiger partial charge < -0.3 is 14.6 Å². The Morgan fingerprint density at radius 1 is 1.58 bits per heavy atom. The van der Waals surface area contributed by atoms with Gasteiger partial charge in [-0.3, -0.25) is 10.1 Å². The number of hydrogen-bond donors (Lipinski definition) is 1. The molecule has 1 heterocycles. The van der Waals surface area contributed by atoms with Gasteiger partial charge in [-0.05, 0) is 15.9 Å². The van der Waals surface area contributed by atoms with Gasteiger partial charge in [0.2, 0.25) is 0 Å². The van der Waals surface area contributed by atoms with Crippen molar-refractivity contribution in [2.45, 2.75) is 12.5 Å². The molecule has 1 aromatic rings. The van der Waals surface area contributed by atoms with E-state index in [1.54, 1.807) is 0 Å². The number of ether oxygens (including phenoxy) is 2. The van der Waals surface area contributed by atoms with Gasteiger partial charge >= 0.3 is 5.97 Å². The molecule has 1 aromatic carbocycles. The second-order valence-corrected chi connectivity index (χ2v) is 4.82. The highest BCUT2D eigenvalue weighted by molar-refractivity contribution is 9.10. The summed E-state index contributed by atoms with van der Waals surface area (Å²) in [6.07, 6.45) is 0.533. The number of carboxylic acid groups (broad SMARTS) is 1. The van der Waals surface area contributed by atoms with Crippen LogP contribution in [-0.2, 0) is 4.74 Å². The minimum absolute atomic E-state index is 0.167. The Kier molecular flexibility index (Phi) is 4.01. The lowest BCUT2D eigenvalue weighted by molar-refractivity contribution is -0.385. The van der Waals surface area contributed by atoms with Crippen molar-refractivity contribution in [1.82, 2.24) is 0 Å². The first-order valence-electron chi connectivity index (χ1n) is 5.44. The summed E-state index contributed by atoms with van der Waals surface area (Å²) >= 11 is 3.14. The van der Waals surface area contributed by atoms with Crippen molar-refractivity contribution in [3.8, 4) is 5.75 Å². The number of carbonyl (C=O) groups is 1. The summed E-state index contributed by atoms with van der Waals surface area (Å²) in [5.41, 5.74) is -0.878. The maximum absolute atomic E-state index is 11.0. The smallest absolute Gasteiger partial charge is 0.342 e. The maximum Gasteiger partial charge on any atom is 0.342 e. The minimum Gasteiger partial charge on any atom is -0.487 e. The lowest BCUT2D eigenvalue weighted by Crippen LogP contribution is -2.16. The molecular formula is C11H10BrNO6. The van der Waals surface area contributed by atoms with E-state index in [2.05, 4.69) is 15.9 Å². The predicted molar refractivity (Wildman–Crippen MR) is 67.6 cm³/mol. The van der Waals surface area contributed by atoms with Crippen LogP contribution in [-0.4, -0.2) is 35.3 Å². The van der Waals surface area contributed by atoms with E-state index in [4.69, 9.17) is 14.6 Å². The topological polar surface area (TPSA) is 98.9 Å². The largest absolute Gasteiger partial charge is 0.487 e. The first-order chi connectivity index (χ1) is 8.99. The molecule has 0 spiro atoms. The van der Waals surface area contributed by atoms with Crippen molar-refractivity contribution in [2.75, 3.05) is 13.2 Å². The first kappa shape index (κ1) is 13.8. The number of aromatic carboxylic acids is 1. The van der Waals surface area contributed by atoms with Gasteiger partial charge in [-0.15, -0.1) is 0 Å². The molecule has 1 atom stereocenters. The normalized spacial score (nSPS) is 18.3. The van der Waals surface area contributed by atoms with Crippen LogP contribution in [0.1, 0.15) is 16.8 Å². The Bertz CT molecular complexity index is 526. The van der Waals surface area contributed by atoms with Crippen LogP contribution >= 0.6 is 15.9 Å². The Balaban J connectivity index is 2.36. The van der Waals surface area contributed by atoms with Gasteiger partial charge in [0.05, 0.1) is 22.6 Å². The summed E-state index contributed by atoms with van der Waals surface area (Å²) in [5.74, 6) is -1.11. The van der Waals surface area contributed by atoms with Crippen molar-refractivity contribution < 1.29 is 24.3 Å². The van der Waals surface area contributed by atoms with E-state index < -0.39 is 22.1 Å². The molecule has 0 aliphatic carbocycles. The number of nitrogens with zero attached hydrogens (tertiary/aromatic N) is 1. The minimum atomic E-state index is -1.37. The van der Waals surface area contributed by atoms with Crippen LogP contribution in [0.15, 0.2) is 16.6 Å². The Hall–Kier alpha value is -1.67. The van der Waals surface area contributed by atoms with E-state index in [0.717, 1.165) is 12.1 Å². The molecule has 0 unspecified atom stereocenters. The van der Waals surface area contributed by atoms with Crippen molar-refractivity contribution in [3.05, 3.63) is 32.3 Å². The van der Waals surface area contributed by atoms with E-state index in [9.17, 15) is 14.9 Å².